The van der Waals surface area contributed by atoms with Crippen LogP contribution < -0.4 is 14.2 Å². The van der Waals surface area contributed by atoms with Crippen molar-refractivity contribution in [1.82, 2.24) is 14.9 Å². The standard InChI is InChI=1S/C18H19N3O4/c22-17(16-12-23-14-6-1-2-7-15(14)25-16)21-10-3-5-13(11-21)24-18-19-8-4-9-20-18/h1-2,4,6-9,13,16H,3,5,10-12H2. The Balaban J connectivity index is 1.39. The predicted octanol–water partition coefficient (Wildman–Crippen LogP) is 1.69. The highest BCUT2D eigenvalue weighted by Gasteiger charge is 2.34. The highest BCUT2D eigenvalue weighted by molar-refractivity contribution is 5.82. The lowest BCUT2D eigenvalue weighted by molar-refractivity contribution is -0.143. The van der Waals surface area contributed by atoms with Crippen LogP contribution in [0, 0.1) is 0 Å². The maximum absolute atomic E-state index is 12.8. The van der Waals surface area contributed by atoms with Gasteiger partial charge in [0.15, 0.2) is 11.5 Å². The van der Waals surface area contributed by atoms with Gasteiger partial charge in [-0.15, -0.1) is 0 Å². The molecule has 3 heterocycles. The first-order chi connectivity index (χ1) is 12.3. The van der Waals surface area contributed by atoms with Gasteiger partial charge in [0.05, 0.1) is 6.54 Å². The highest BCUT2D eigenvalue weighted by atomic mass is 16.6. The summed E-state index contributed by atoms with van der Waals surface area (Å²) in [6.07, 6.45) is 4.27. The van der Waals surface area contributed by atoms with E-state index in [1.807, 2.05) is 24.3 Å². The zero-order valence-corrected chi connectivity index (χ0v) is 13.7. The molecule has 0 bridgehead atoms. The molecule has 2 aromatic rings. The van der Waals surface area contributed by atoms with Crippen molar-refractivity contribution in [2.24, 2.45) is 0 Å². The van der Waals surface area contributed by atoms with Crippen molar-refractivity contribution in [3.63, 3.8) is 0 Å². The number of hydrogen-bond acceptors (Lipinski definition) is 6. The number of rotatable bonds is 3. The van der Waals surface area contributed by atoms with Crippen molar-refractivity contribution in [3.05, 3.63) is 42.7 Å². The summed E-state index contributed by atoms with van der Waals surface area (Å²) in [6.45, 7) is 1.41. The Morgan fingerprint density at radius 2 is 1.96 bits per heavy atom. The number of likely N-dealkylation sites (tertiary alicyclic amines) is 1. The van der Waals surface area contributed by atoms with E-state index in [4.69, 9.17) is 14.2 Å². The number of amides is 1. The molecule has 0 N–H and O–H groups in total. The predicted molar refractivity (Wildman–Crippen MR) is 88.6 cm³/mol. The van der Waals surface area contributed by atoms with Gasteiger partial charge in [-0.05, 0) is 31.0 Å². The van der Waals surface area contributed by atoms with Crippen LogP contribution in [0.15, 0.2) is 42.7 Å². The third-order valence-electron chi connectivity index (χ3n) is 4.29. The quantitative estimate of drug-likeness (QED) is 0.846. The van der Waals surface area contributed by atoms with E-state index < -0.39 is 6.10 Å². The van der Waals surface area contributed by atoms with Crippen LogP contribution in [0.5, 0.6) is 17.5 Å². The fourth-order valence-corrected chi connectivity index (χ4v) is 3.07. The topological polar surface area (TPSA) is 73.8 Å². The molecule has 25 heavy (non-hydrogen) atoms. The van der Waals surface area contributed by atoms with Gasteiger partial charge in [0.25, 0.3) is 5.91 Å². The Kier molecular flexibility index (Phi) is 4.37. The zero-order chi connectivity index (χ0) is 17.1. The van der Waals surface area contributed by atoms with E-state index in [-0.39, 0.29) is 18.6 Å². The third-order valence-corrected chi connectivity index (χ3v) is 4.29. The summed E-state index contributed by atoms with van der Waals surface area (Å²) in [4.78, 5) is 22.7. The van der Waals surface area contributed by atoms with Crippen LogP contribution in [0.1, 0.15) is 12.8 Å². The average Bonchev–Trinajstić information content (AvgIpc) is 2.68. The summed E-state index contributed by atoms with van der Waals surface area (Å²) in [5.41, 5.74) is 0. The number of hydrogen-bond donors (Lipinski definition) is 0. The molecule has 0 radical (unpaired) electrons. The summed E-state index contributed by atoms with van der Waals surface area (Å²) in [5.74, 6) is 1.21. The summed E-state index contributed by atoms with van der Waals surface area (Å²) in [5, 5.41) is 0. The first-order valence-corrected chi connectivity index (χ1v) is 8.40. The second-order valence-electron chi connectivity index (χ2n) is 6.06. The van der Waals surface area contributed by atoms with Gasteiger partial charge in [0, 0.05) is 18.9 Å². The van der Waals surface area contributed by atoms with E-state index in [0.29, 0.717) is 30.6 Å². The van der Waals surface area contributed by atoms with Crippen molar-refractivity contribution in [3.8, 4) is 17.5 Å². The Morgan fingerprint density at radius 1 is 1.16 bits per heavy atom. The van der Waals surface area contributed by atoms with Gasteiger partial charge in [-0.3, -0.25) is 4.79 Å². The lowest BCUT2D eigenvalue weighted by Gasteiger charge is -2.35. The zero-order valence-electron chi connectivity index (χ0n) is 13.7. The molecule has 1 aromatic heterocycles. The summed E-state index contributed by atoms with van der Waals surface area (Å²) in [7, 11) is 0. The molecule has 7 nitrogen and oxygen atoms in total. The van der Waals surface area contributed by atoms with Gasteiger partial charge >= 0.3 is 6.01 Å². The largest absolute Gasteiger partial charge is 0.485 e. The lowest BCUT2D eigenvalue weighted by Crippen LogP contribution is -2.51. The Labute approximate surface area is 145 Å². The molecule has 0 aliphatic carbocycles. The van der Waals surface area contributed by atoms with E-state index in [1.165, 1.54) is 0 Å². The molecule has 130 valence electrons. The van der Waals surface area contributed by atoms with Crippen LogP contribution in [0.4, 0.5) is 0 Å². The number of carbonyl (C=O) groups excluding carboxylic acids is 1. The lowest BCUT2D eigenvalue weighted by atomic mass is 10.1. The molecular weight excluding hydrogens is 322 g/mol. The second kappa shape index (κ2) is 6.96. The van der Waals surface area contributed by atoms with Gasteiger partial charge in [0.2, 0.25) is 6.10 Å². The number of carbonyl (C=O) groups is 1. The van der Waals surface area contributed by atoms with Crippen LogP contribution in [-0.2, 0) is 4.79 Å². The minimum Gasteiger partial charge on any atom is -0.485 e. The van der Waals surface area contributed by atoms with Crippen LogP contribution >= 0.6 is 0 Å². The second-order valence-corrected chi connectivity index (χ2v) is 6.06. The van der Waals surface area contributed by atoms with Crippen LogP contribution in [0.25, 0.3) is 0 Å². The number of piperidine rings is 1. The van der Waals surface area contributed by atoms with Crippen molar-refractivity contribution in [2.45, 2.75) is 25.0 Å². The van der Waals surface area contributed by atoms with Crippen molar-refractivity contribution in [2.75, 3.05) is 19.7 Å². The van der Waals surface area contributed by atoms with E-state index >= 15 is 0 Å². The molecule has 2 atom stereocenters. The van der Waals surface area contributed by atoms with E-state index in [0.717, 1.165) is 12.8 Å². The monoisotopic (exact) mass is 341 g/mol. The number of nitrogens with zero attached hydrogens (tertiary/aromatic N) is 3. The third kappa shape index (κ3) is 3.50. The maximum Gasteiger partial charge on any atom is 0.316 e. The molecule has 2 unspecified atom stereocenters. The molecule has 4 rings (SSSR count). The van der Waals surface area contributed by atoms with Crippen molar-refractivity contribution in [1.29, 1.82) is 0 Å². The molecule has 1 aromatic carbocycles. The summed E-state index contributed by atoms with van der Waals surface area (Å²) >= 11 is 0. The molecule has 0 saturated carbocycles. The number of aromatic nitrogens is 2. The molecule has 2 aliphatic heterocycles. The number of benzene rings is 1. The van der Waals surface area contributed by atoms with Gasteiger partial charge < -0.3 is 19.1 Å². The van der Waals surface area contributed by atoms with Gasteiger partial charge in [-0.25, -0.2) is 9.97 Å². The first-order valence-electron chi connectivity index (χ1n) is 8.40. The maximum atomic E-state index is 12.8. The average molecular weight is 341 g/mol. The minimum atomic E-state index is -0.623. The van der Waals surface area contributed by atoms with Gasteiger partial charge in [-0.2, -0.15) is 0 Å². The Morgan fingerprint density at radius 3 is 2.80 bits per heavy atom. The Hall–Kier alpha value is -2.83. The summed E-state index contributed by atoms with van der Waals surface area (Å²) in [6, 6.07) is 9.46. The van der Waals surface area contributed by atoms with Crippen LogP contribution in [-0.4, -0.2) is 52.7 Å². The van der Waals surface area contributed by atoms with Crippen molar-refractivity contribution < 1.29 is 19.0 Å². The molecule has 1 fully saturated rings. The van der Waals surface area contributed by atoms with Crippen LogP contribution in [0.2, 0.25) is 0 Å². The van der Waals surface area contributed by atoms with Crippen LogP contribution in [0.3, 0.4) is 0 Å². The number of ether oxygens (including phenoxy) is 3. The number of para-hydroxylation sites is 2. The first kappa shape index (κ1) is 15.7. The molecule has 1 amide bonds. The smallest absolute Gasteiger partial charge is 0.316 e. The SMILES string of the molecule is O=C(C1COc2ccccc2O1)N1CCCC(Oc2ncccn2)C1. The Bertz CT molecular complexity index is 740. The fourth-order valence-electron chi connectivity index (χ4n) is 3.07. The molecular formula is C18H19N3O4. The van der Waals surface area contributed by atoms with Crippen molar-refractivity contribution >= 4 is 5.91 Å². The molecule has 2 aliphatic rings. The highest BCUT2D eigenvalue weighted by Crippen LogP contribution is 2.31. The van der Waals surface area contributed by atoms with E-state index in [2.05, 4.69) is 9.97 Å². The van der Waals surface area contributed by atoms with Gasteiger partial charge in [-0.1, -0.05) is 12.1 Å². The summed E-state index contributed by atoms with van der Waals surface area (Å²) < 4.78 is 17.3. The fraction of sp³-hybridized carbons (Fsp3) is 0.389. The van der Waals surface area contributed by atoms with Gasteiger partial charge in [0.1, 0.15) is 12.7 Å². The number of fused-ring (bicyclic) bond motifs is 1. The molecule has 0 spiro atoms. The van der Waals surface area contributed by atoms with E-state index in [1.54, 1.807) is 23.4 Å². The minimum absolute atomic E-state index is 0.0724. The normalized spacial score (nSPS) is 22.3. The molecule has 1 saturated heterocycles. The molecule has 7 heteroatoms. The van der Waals surface area contributed by atoms with E-state index in [9.17, 15) is 4.79 Å².